The Labute approximate surface area is 83.6 Å². The molecule has 0 spiro atoms. The SMILES string of the molecule is O=C(O)Cn1nnc(-c2ncccn2)n1. The highest BCUT2D eigenvalue weighted by atomic mass is 16.4. The summed E-state index contributed by atoms with van der Waals surface area (Å²) in [7, 11) is 0. The van der Waals surface area contributed by atoms with E-state index in [0.29, 0.717) is 5.82 Å². The largest absolute Gasteiger partial charge is 0.480 e. The highest BCUT2D eigenvalue weighted by molar-refractivity contribution is 5.66. The molecule has 0 unspecified atom stereocenters. The Morgan fingerprint density at radius 3 is 2.73 bits per heavy atom. The minimum absolute atomic E-state index is 0.205. The predicted octanol–water partition coefficient (Wildman–Crippen LogP) is -0.785. The zero-order chi connectivity index (χ0) is 10.7. The van der Waals surface area contributed by atoms with Gasteiger partial charge in [-0.2, -0.15) is 4.80 Å². The van der Waals surface area contributed by atoms with Gasteiger partial charge in [0.1, 0.15) is 0 Å². The summed E-state index contributed by atoms with van der Waals surface area (Å²) in [4.78, 5) is 19.1. The van der Waals surface area contributed by atoms with Crippen molar-refractivity contribution in [2.75, 3.05) is 0 Å². The summed E-state index contributed by atoms with van der Waals surface area (Å²) in [6.45, 7) is -0.333. The first kappa shape index (κ1) is 9.19. The van der Waals surface area contributed by atoms with E-state index >= 15 is 0 Å². The zero-order valence-corrected chi connectivity index (χ0v) is 7.48. The minimum atomic E-state index is -1.03. The molecule has 0 saturated heterocycles. The Morgan fingerprint density at radius 1 is 1.33 bits per heavy atom. The molecule has 0 aliphatic heterocycles. The highest BCUT2D eigenvalue weighted by Gasteiger charge is 2.09. The zero-order valence-electron chi connectivity index (χ0n) is 7.48. The molecule has 8 heteroatoms. The monoisotopic (exact) mass is 206 g/mol. The van der Waals surface area contributed by atoms with Crippen LogP contribution in [0.5, 0.6) is 0 Å². The van der Waals surface area contributed by atoms with Crippen LogP contribution in [-0.2, 0) is 11.3 Å². The van der Waals surface area contributed by atoms with Crippen molar-refractivity contribution in [2.45, 2.75) is 6.54 Å². The number of carbonyl (C=O) groups is 1. The van der Waals surface area contributed by atoms with Crippen molar-refractivity contribution >= 4 is 5.97 Å². The predicted molar refractivity (Wildman–Crippen MR) is 46.5 cm³/mol. The summed E-state index contributed by atoms with van der Waals surface area (Å²) in [5.74, 6) is -0.515. The molecule has 0 aliphatic carbocycles. The van der Waals surface area contributed by atoms with Gasteiger partial charge < -0.3 is 5.11 Å². The standard InChI is InChI=1S/C7H6N6O2/c14-5(15)4-13-11-7(10-12-13)6-8-2-1-3-9-6/h1-3H,4H2,(H,14,15). The van der Waals surface area contributed by atoms with Gasteiger partial charge in [0.05, 0.1) is 0 Å². The molecule has 2 aromatic rings. The maximum absolute atomic E-state index is 10.4. The molecule has 1 N–H and O–H groups in total. The van der Waals surface area contributed by atoms with Gasteiger partial charge in [-0.3, -0.25) is 4.79 Å². The van der Waals surface area contributed by atoms with Crippen molar-refractivity contribution in [3.8, 4) is 11.6 Å². The van der Waals surface area contributed by atoms with E-state index < -0.39 is 5.97 Å². The van der Waals surface area contributed by atoms with Crippen LogP contribution >= 0.6 is 0 Å². The topological polar surface area (TPSA) is 107 Å². The number of tetrazole rings is 1. The number of rotatable bonds is 3. The normalized spacial score (nSPS) is 10.1. The average Bonchev–Trinajstić information content (AvgIpc) is 2.67. The average molecular weight is 206 g/mol. The van der Waals surface area contributed by atoms with Crippen LogP contribution in [0.2, 0.25) is 0 Å². The molecule has 0 atom stereocenters. The Balaban J connectivity index is 2.24. The van der Waals surface area contributed by atoms with Crippen molar-refractivity contribution in [3.05, 3.63) is 18.5 Å². The third-order valence-corrected chi connectivity index (χ3v) is 1.50. The first-order valence-corrected chi connectivity index (χ1v) is 4.03. The molecular formula is C7H6N6O2. The van der Waals surface area contributed by atoms with Gasteiger partial charge in [0.25, 0.3) is 0 Å². The van der Waals surface area contributed by atoms with Crippen LogP contribution in [0, 0.1) is 0 Å². The number of aliphatic carboxylic acids is 1. The van der Waals surface area contributed by atoms with E-state index in [1.165, 1.54) is 0 Å². The highest BCUT2D eigenvalue weighted by Crippen LogP contribution is 2.03. The molecule has 0 fully saturated rings. The summed E-state index contributed by atoms with van der Waals surface area (Å²) in [6, 6.07) is 1.66. The number of hydrogen-bond acceptors (Lipinski definition) is 6. The third-order valence-electron chi connectivity index (χ3n) is 1.50. The van der Waals surface area contributed by atoms with Crippen LogP contribution in [0.15, 0.2) is 18.5 Å². The van der Waals surface area contributed by atoms with Crippen molar-refractivity contribution in [1.29, 1.82) is 0 Å². The van der Waals surface area contributed by atoms with Crippen LogP contribution in [0.1, 0.15) is 0 Å². The second-order valence-electron chi connectivity index (χ2n) is 2.61. The first-order chi connectivity index (χ1) is 7.25. The fourth-order valence-electron chi connectivity index (χ4n) is 0.935. The molecule has 0 saturated carbocycles. The fraction of sp³-hybridized carbons (Fsp3) is 0.143. The minimum Gasteiger partial charge on any atom is -0.480 e. The van der Waals surface area contributed by atoms with Gasteiger partial charge in [0.15, 0.2) is 6.54 Å². The third kappa shape index (κ3) is 2.10. The summed E-state index contributed by atoms with van der Waals surface area (Å²) in [5.41, 5.74) is 0. The second kappa shape index (κ2) is 3.78. The molecule has 8 nitrogen and oxygen atoms in total. The van der Waals surface area contributed by atoms with Crippen LogP contribution in [0.4, 0.5) is 0 Å². The molecule has 2 heterocycles. The number of aromatic nitrogens is 6. The van der Waals surface area contributed by atoms with Gasteiger partial charge in [0.2, 0.25) is 11.6 Å². The Kier molecular flexibility index (Phi) is 2.31. The van der Waals surface area contributed by atoms with Crippen LogP contribution in [-0.4, -0.2) is 41.3 Å². The van der Waals surface area contributed by atoms with Crippen molar-refractivity contribution in [1.82, 2.24) is 30.2 Å². The van der Waals surface area contributed by atoms with Gasteiger partial charge in [-0.15, -0.1) is 10.2 Å². The van der Waals surface area contributed by atoms with E-state index in [4.69, 9.17) is 5.11 Å². The molecule has 15 heavy (non-hydrogen) atoms. The Morgan fingerprint density at radius 2 is 2.07 bits per heavy atom. The van der Waals surface area contributed by atoms with E-state index in [1.807, 2.05) is 0 Å². The van der Waals surface area contributed by atoms with Gasteiger partial charge in [-0.25, -0.2) is 9.97 Å². The summed E-state index contributed by atoms with van der Waals surface area (Å²) in [6.07, 6.45) is 3.08. The van der Waals surface area contributed by atoms with E-state index in [0.717, 1.165) is 4.80 Å². The lowest BCUT2D eigenvalue weighted by Crippen LogP contribution is -2.11. The molecular weight excluding hydrogens is 200 g/mol. The number of carboxylic acids is 1. The molecule has 2 rings (SSSR count). The smallest absolute Gasteiger partial charge is 0.327 e. The number of carboxylic acid groups (broad SMARTS) is 1. The van der Waals surface area contributed by atoms with Crippen LogP contribution in [0.3, 0.4) is 0 Å². The van der Waals surface area contributed by atoms with Crippen LogP contribution in [0.25, 0.3) is 11.6 Å². The van der Waals surface area contributed by atoms with Crippen molar-refractivity contribution in [3.63, 3.8) is 0 Å². The molecule has 0 aromatic carbocycles. The maximum Gasteiger partial charge on any atom is 0.327 e. The maximum atomic E-state index is 10.4. The van der Waals surface area contributed by atoms with Crippen molar-refractivity contribution < 1.29 is 9.90 Å². The molecule has 0 bridgehead atoms. The number of hydrogen-bond donors (Lipinski definition) is 1. The second-order valence-corrected chi connectivity index (χ2v) is 2.61. The quantitative estimate of drug-likeness (QED) is 0.701. The fourth-order valence-corrected chi connectivity index (χ4v) is 0.935. The first-order valence-electron chi connectivity index (χ1n) is 4.03. The van der Waals surface area contributed by atoms with Gasteiger partial charge in [0, 0.05) is 12.4 Å². The lowest BCUT2D eigenvalue weighted by molar-refractivity contribution is -0.138. The molecule has 0 radical (unpaired) electrons. The lowest BCUT2D eigenvalue weighted by atomic mass is 10.5. The van der Waals surface area contributed by atoms with Gasteiger partial charge in [-0.1, -0.05) is 0 Å². The number of nitrogens with zero attached hydrogens (tertiary/aromatic N) is 6. The molecule has 0 amide bonds. The van der Waals surface area contributed by atoms with E-state index in [-0.39, 0.29) is 12.4 Å². The summed E-state index contributed by atoms with van der Waals surface area (Å²) < 4.78 is 0. The summed E-state index contributed by atoms with van der Waals surface area (Å²) in [5, 5.41) is 19.5. The molecule has 2 aromatic heterocycles. The van der Waals surface area contributed by atoms with E-state index in [2.05, 4.69) is 25.4 Å². The van der Waals surface area contributed by atoms with Gasteiger partial charge in [-0.05, 0) is 11.3 Å². The van der Waals surface area contributed by atoms with E-state index in [1.54, 1.807) is 18.5 Å². The Bertz CT molecular complexity index is 467. The van der Waals surface area contributed by atoms with Crippen molar-refractivity contribution in [2.24, 2.45) is 0 Å². The van der Waals surface area contributed by atoms with Gasteiger partial charge >= 0.3 is 5.97 Å². The molecule has 0 aliphatic rings. The Hall–Kier alpha value is -2.38. The summed E-state index contributed by atoms with van der Waals surface area (Å²) >= 11 is 0. The van der Waals surface area contributed by atoms with E-state index in [9.17, 15) is 4.79 Å². The van der Waals surface area contributed by atoms with Crippen LogP contribution < -0.4 is 0 Å². The molecule has 76 valence electrons. The lowest BCUT2D eigenvalue weighted by Gasteiger charge is -1.90.